The maximum atomic E-state index is 12.9. The first-order chi connectivity index (χ1) is 30.0. The van der Waals surface area contributed by atoms with Crippen LogP contribution in [0.25, 0.3) is 0 Å². The van der Waals surface area contributed by atoms with Crippen LogP contribution in [-0.2, 0) is 38.0 Å². The molecule has 0 amide bonds. The number of hydrogen-bond donors (Lipinski definition) is 7. The van der Waals surface area contributed by atoms with E-state index in [0.717, 1.165) is 57.8 Å². The lowest BCUT2D eigenvalue weighted by Gasteiger charge is -2.42. The van der Waals surface area contributed by atoms with Crippen molar-refractivity contribution in [1.82, 2.24) is 0 Å². The number of esters is 2. The van der Waals surface area contributed by atoms with Crippen LogP contribution in [0, 0.1) is 0 Å². The summed E-state index contributed by atoms with van der Waals surface area (Å²) in [6.07, 6.45) is 13.2. The molecule has 15 nitrogen and oxygen atoms in total. The first-order valence-corrected chi connectivity index (χ1v) is 24.0. The Morgan fingerprint density at radius 1 is 0.532 bits per heavy atom. The quantitative estimate of drug-likeness (QED) is 0.0231. The monoisotopic (exact) mass is 889 g/mol. The van der Waals surface area contributed by atoms with Crippen LogP contribution in [0.3, 0.4) is 0 Å². The summed E-state index contributed by atoms with van der Waals surface area (Å²) in [6, 6.07) is 0. The second-order valence-corrected chi connectivity index (χ2v) is 17.0. The third-order valence-electron chi connectivity index (χ3n) is 11.5. The zero-order valence-electron chi connectivity index (χ0n) is 37.9. The first-order valence-electron chi connectivity index (χ1n) is 24.0. The summed E-state index contributed by atoms with van der Waals surface area (Å²) in [6.45, 7) is 2.53. The van der Waals surface area contributed by atoms with Gasteiger partial charge in [-0.1, -0.05) is 123 Å². The standard InChI is InChI=1S/C47H84O15/c1-3-5-7-9-11-13-15-16-17-18-20-21-23-25-27-29-38(49)57-32-35(60-39(50)30-28-26-24-22-19-14-12-10-8-6-4-2)33-58-46-45(56)43(54)41(52)37(62-46)34-59-47-44(55)42(53)40(51)36(31-48)61-47/h15,17,35-37,40-48,51-56H,3-14,18-34H2,1-2H3/t16?,35-,36-,37-,40+,41+,42?,43?,44?,45?,46-,47-/m1/s1. The van der Waals surface area contributed by atoms with Gasteiger partial charge in [0, 0.05) is 12.8 Å². The van der Waals surface area contributed by atoms with E-state index in [-0.39, 0.29) is 26.1 Å². The van der Waals surface area contributed by atoms with Crippen molar-refractivity contribution in [2.24, 2.45) is 0 Å². The molecule has 7 N–H and O–H groups in total. The fraction of sp³-hybridized carbons (Fsp3) is 0.894. The van der Waals surface area contributed by atoms with Gasteiger partial charge in [-0.25, -0.2) is 0 Å². The Morgan fingerprint density at radius 3 is 1.48 bits per heavy atom. The Bertz CT molecular complexity index is 1200. The minimum atomic E-state index is -1.76. The molecule has 0 aromatic heterocycles. The van der Waals surface area contributed by atoms with Crippen LogP contribution in [0.5, 0.6) is 0 Å². The number of carbonyl (C=O) groups is 2. The Labute approximate surface area is 371 Å². The fourth-order valence-electron chi connectivity index (χ4n) is 7.49. The van der Waals surface area contributed by atoms with E-state index in [2.05, 4.69) is 31.7 Å². The molecule has 2 saturated heterocycles. The number of hydrogen-bond acceptors (Lipinski definition) is 15. The number of carbonyl (C=O) groups excluding carboxylic acids is 2. The summed E-state index contributed by atoms with van der Waals surface area (Å²) in [5.41, 5.74) is 3.28. The van der Waals surface area contributed by atoms with E-state index in [9.17, 15) is 45.3 Å². The predicted molar refractivity (Wildman–Crippen MR) is 233 cm³/mol. The summed E-state index contributed by atoms with van der Waals surface area (Å²) in [5, 5.41) is 71.9. The van der Waals surface area contributed by atoms with Crippen molar-refractivity contribution in [3.63, 3.8) is 0 Å². The average molecular weight is 889 g/mol. The molecule has 15 heteroatoms. The van der Waals surface area contributed by atoms with Crippen LogP contribution < -0.4 is 0 Å². The van der Waals surface area contributed by atoms with Gasteiger partial charge in [-0.15, -0.1) is 5.73 Å². The van der Waals surface area contributed by atoms with Gasteiger partial charge in [0.25, 0.3) is 0 Å². The van der Waals surface area contributed by atoms with Crippen LogP contribution in [0.15, 0.2) is 17.9 Å². The van der Waals surface area contributed by atoms with Crippen molar-refractivity contribution in [3.05, 3.63) is 17.9 Å². The van der Waals surface area contributed by atoms with E-state index in [0.29, 0.717) is 12.8 Å². The van der Waals surface area contributed by atoms with Gasteiger partial charge in [0.2, 0.25) is 0 Å². The summed E-state index contributed by atoms with van der Waals surface area (Å²) >= 11 is 0. The Kier molecular flexibility index (Phi) is 32.0. The molecule has 0 aromatic rings. The molecule has 0 aromatic carbocycles. The van der Waals surface area contributed by atoms with Crippen LogP contribution >= 0.6 is 0 Å². The third kappa shape index (κ3) is 23.8. The molecule has 2 aliphatic rings. The van der Waals surface area contributed by atoms with Crippen LogP contribution in [-0.4, -0.2) is 142 Å². The zero-order chi connectivity index (χ0) is 45.4. The van der Waals surface area contributed by atoms with Crippen LogP contribution in [0.1, 0.15) is 174 Å². The molecule has 0 aliphatic carbocycles. The van der Waals surface area contributed by atoms with Crippen molar-refractivity contribution in [2.45, 2.75) is 242 Å². The van der Waals surface area contributed by atoms with Crippen molar-refractivity contribution in [2.75, 3.05) is 26.4 Å². The highest BCUT2D eigenvalue weighted by Gasteiger charge is 2.47. The van der Waals surface area contributed by atoms with E-state index < -0.39 is 92.7 Å². The molecule has 11 atom stereocenters. The average Bonchev–Trinajstić information content (AvgIpc) is 3.26. The van der Waals surface area contributed by atoms with Gasteiger partial charge in [0.15, 0.2) is 18.7 Å². The van der Waals surface area contributed by atoms with E-state index in [4.69, 9.17) is 28.4 Å². The van der Waals surface area contributed by atoms with Gasteiger partial charge < -0.3 is 64.2 Å². The van der Waals surface area contributed by atoms with Gasteiger partial charge in [0.1, 0.15) is 55.4 Å². The molecule has 4 unspecified atom stereocenters. The second-order valence-electron chi connectivity index (χ2n) is 17.0. The van der Waals surface area contributed by atoms with Crippen molar-refractivity contribution < 1.29 is 73.8 Å². The number of aliphatic hydroxyl groups is 7. The van der Waals surface area contributed by atoms with Gasteiger partial charge in [0.05, 0.1) is 19.8 Å². The zero-order valence-corrected chi connectivity index (χ0v) is 37.9. The lowest BCUT2D eigenvalue weighted by molar-refractivity contribution is -0.332. The number of rotatable bonds is 36. The van der Waals surface area contributed by atoms with Crippen molar-refractivity contribution >= 4 is 11.9 Å². The maximum Gasteiger partial charge on any atom is 0.306 e. The summed E-state index contributed by atoms with van der Waals surface area (Å²) in [4.78, 5) is 25.6. The number of ether oxygens (including phenoxy) is 6. The molecular weight excluding hydrogens is 805 g/mol. The Morgan fingerprint density at radius 2 is 0.968 bits per heavy atom. The molecule has 62 heavy (non-hydrogen) atoms. The van der Waals surface area contributed by atoms with Gasteiger partial charge in [-0.3, -0.25) is 9.59 Å². The van der Waals surface area contributed by atoms with Gasteiger partial charge in [-0.2, -0.15) is 0 Å². The van der Waals surface area contributed by atoms with Crippen LogP contribution in [0.2, 0.25) is 0 Å². The summed E-state index contributed by atoms with van der Waals surface area (Å²) in [5.74, 6) is -0.943. The molecule has 0 saturated carbocycles. The molecule has 362 valence electrons. The Balaban J connectivity index is 1.84. The summed E-state index contributed by atoms with van der Waals surface area (Å²) < 4.78 is 33.5. The number of aliphatic hydroxyl groups excluding tert-OH is 7. The normalized spacial score (nSPS) is 26.7. The molecule has 0 radical (unpaired) electrons. The number of unbranched alkanes of at least 4 members (excludes halogenated alkanes) is 20. The molecule has 2 heterocycles. The Hall–Kier alpha value is -1.98. The molecule has 0 bridgehead atoms. The highest BCUT2D eigenvalue weighted by atomic mass is 16.7. The minimum absolute atomic E-state index is 0.164. The van der Waals surface area contributed by atoms with Crippen molar-refractivity contribution in [1.29, 1.82) is 0 Å². The molecule has 2 rings (SSSR count). The fourth-order valence-corrected chi connectivity index (χ4v) is 7.49. The third-order valence-corrected chi connectivity index (χ3v) is 11.5. The topological polar surface area (TPSA) is 231 Å². The predicted octanol–water partition coefficient (Wildman–Crippen LogP) is 5.59. The highest BCUT2D eigenvalue weighted by molar-refractivity contribution is 5.70. The lowest BCUT2D eigenvalue weighted by atomic mass is 9.98. The first kappa shape index (κ1) is 56.2. The largest absolute Gasteiger partial charge is 0.462 e. The van der Waals surface area contributed by atoms with Crippen molar-refractivity contribution in [3.8, 4) is 0 Å². The van der Waals surface area contributed by atoms with E-state index in [1.54, 1.807) is 0 Å². The smallest absolute Gasteiger partial charge is 0.306 e. The van der Waals surface area contributed by atoms with Crippen LogP contribution in [0.4, 0.5) is 0 Å². The van der Waals surface area contributed by atoms with Gasteiger partial charge >= 0.3 is 11.9 Å². The van der Waals surface area contributed by atoms with E-state index in [1.807, 2.05) is 0 Å². The van der Waals surface area contributed by atoms with E-state index >= 15 is 0 Å². The highest BCUT2D eigenvalue weighted by Crippen LogP contribution is 2.26. The van der Waals surface area contributed by atoms with E-state index in [1.165, 1.54) is 77.0 Å². The van der Waals surface area contributed by atoms with Gasteiger partial charge in [-0.05, 0) is 50.7 Å². The maximum absolute atomic E-state index is 12.9. The number of allylic oxidation sites excluding steroid dienone is 1. The molecular formula is C47H84O15. The molecule has 2 aliphatic heterocycles. The lowest BCUT2D eigenvalue weighted by Crippen LogP contribution is -2.61. The summed E-state index contributed by atoms with van der Waals surface area (Å²) in [7, 11) is 0. The minimum Gasteiger partial charge on any atom is -0.462 e. The molecule has 2 fully saturated rings. The molecule has 0 spiro atoms. The SMILES string of the molecule is CCCCCCCC=C=CCCCCCCCC(=O)OC[C@H](CO[C@@H]1O[C@H](CO[C@@H]2O[C@H](CO)[C@H](O)C(O)C2O)[C@H](O)C(O)C1O)OC(=O)CCCCCCCCCCCCC. The second kappa shape index (κ2) is 35.3.